The summed E-state index contributed by atoms with van der Waals surface area (Å²) in [5.74, 6) is 1.01. The molecular formula is C27H44OS2. The number of benzene rings is 2. The maximum absolute atomic E-state index is 5.80. The van der Waals surface area contributed by atoms with E-state index in [1.54, 1.807) is 22.5 Å². The lowest BCUT2D eigenvalue weighted by Crippen LogP contribution is -2.25. The molecule has 0 aromatic heterocycles. The van der Waals surface area contributed by atoms with Gasteiger partial charge in [0.2, 0.25) is 0 Å². The second kappa shape index (κ2) is 8.47. The van der Waals surface area contributed by atoms with Gasteiger partial charge in [0.15, 0.2) is 0 Å². The molecule has 1 nitrogen and oxygen atoms in total. The molecule has 0 unspecified atom stereocenters. The van der Waals surface area contributed by atoms with Crippen molar-refractivity contribution in [2.24, 2.45) is 0 Å². The molecule has 0 aliphatic rings. The van der Waals surface area contributed by atoms with Gasteiger partial charge in [-0.2, -0.15) is 0 Å². The van der Waals surface area contributed by atoms with Crippen molar-refractivity contribution in [3.8, 4) is 5.75 Å². The Morgan fingerprint density at radius 1 is 0.767 bits per heavy atom. The van der Waals surface area contributed by atoms with Crippen molar-refractivity contribution in [3.63, 3.8) is 0 Å². The molecule has 170 valence electrons. The minimum absolute atomic E-state index is 0.0424. The maximum Gasteiger partial charge on any atom is 0.122 e. The standard InChI is InChI=1S/C27H44OS2/c1-26(2,3)21-17-16-20(18-22(21)28-6)19-27(4,5)25-23(29(7,8)9)14-13-15-24(25)30(10,11)12/h13-18H,19H2,1-12H3. The van der Waals surface area contributed by atoms with E-state index in [1.807, 2.05) is 0 Å². The second-order valence-corrected chi connectivity index (χ2v) is 19.9. The first-order valence-corrected chi connectivity index (χ1v) is 16.4. The highest BCUT2D eigenvalue weighted by Gasteiger charge is 2.32. The molecule has 30 heavy (non-hydrogen) atoms. The fraction of sp³-hybridized carbons (Fsp3) is 0.556. The van der Waals surface area contributed by atoms with Gasteiger partial charge < -0.3 is 4.74 Å². The molecule has 0 saturated carbocycles. The van der Waals surface area contributed by atoms with Gasteiger partial charge in [0, 0.05) is 0 Å². The van der Waals surface area contributed by atoms with Crippen LogP contribution >= 0.6 is 20.1 Å². The van der Waals surface area contributed by atoms with Crippen LogP contribution in [0.15, 0.2) is 46.2 Å². The average Bonchev–Trinajstić information content (AvgIpc) is 2.58. The normalized spacial score (nSPS) is 14.5. The summed E-state index contributed by atoms with van der Waals surface area (Å²) >= 11 is 0. The largest absolute Gasteiger partial charge is 0.496 e. The summed E-state index contributed by atoms with van der Waals surface area (Å²) in [5.41, 5.74) is 4.31. The van der Waals surface area contributed by atoms with Crippen LogP contribution in [-0.4, -0.2) is 44.6 Å². The van der Waals surface area contributed by atoms with Crippen LogP contribution in [0.1, 0.15) is 51.3 Å². The Bertz CT molecular complexity index is 858. The summed E-state index contributed by atoms with van der Waals surface area (Å²) in [6.07, 6.45) is 15.5. The van der Waals surface area contributed by atoms with Crippen LogP contribution in [-0.2, 0) is 17.3 Å². The molecule has 2 aromatic rings. The Morgan fingerprint density at radius 2 is 1.27 bits per heavy atom. The van der Waals surface area contributed by atoms with Crippen molar-refractivity contribution in [2.75, 3.05) is 44.6 Å². The van der Waals surface area contributed by atoms with Crippen molar-refractivity contribution < 1.29 is 4.74 Å². The lowest BCUT2D eigenvalue weighted by molar-refractivity contribution is 0.396. The Balaban J connectivity index is 2.63. The molecule has 0 aliphatic heterocycles. The zero-order valence-electron chi connectivity index (χ0n) is 21.4. The first kappa shape index (κ1) is 25.2. The summed E-state index contributed by atoms with van der Waals surface area (Å²) in [4.78, 5) is 3.12. The molecule has 0 fully saturated rings. The molecule has 0 radical (unpaired) electrons. The molecule has 0 bridgehead atoms. The van der Waals surface area contributed by atoms with Crippen molar-refractivity contribution >= 4 is 20.1 Å². The van der Waals surface area contributed by atoms with Crippen LogP contribution in [0.5, 0.6) is 5.75 Å². The molecule has 2 rings (SSSR count). The summed E-state index contributed by atoms with van der Waals surface area (Å²) in [6, 6.07) is 13.9. The van der Waals surface area contributed by atoms with Gasteiger partial charge in [-0.3, -0.25) is 0 Å². The van der Waals surface area contributed by atoms with E-state index in [9.17, 15) is 0 Å². The monoisotopic (exact) mass is 448 g/mol. The van der Waals surface area contributed by atoms with Gasteiger partial charge in [0.05, 0.1) is 7.11 Å². The first-order chi connectivity index (χ1) is 13.5. The van der Waals surface area contributed by atoms with Crippen LogP contribution in [0.3, 0.4) is 0 Å². The Hall–Kier alpha value is -1.06. The zero-order valence-corrected chi connectivity index (χ0v) is 23.0. The quantitative estimate of drug-likeness (QED) is 0.441. The predicted octanol–water partition coefficient (Wildman–Crippen LogP) is 7.62. The highest BCUT2D eigenvalue weighted by molar-refractivity contribution is 8.32. The van der Waals surface area contributed by atoms with Crippen molar-refractivity contribution in [1.29, 1.82) is 0 Å². The fourth-order valence-electron chi connectivity index (χ4n) is 4.26. The van der Waals surface area contributed by atoms with Crippen LogP contribution in [0.25, 0.3) is 0 Å². The molecule has 0 spiro atoms. The van der Waals surface area contributed by atoms with E-state index in [4.69, 9.17) is 4.74 Å². The average molecular weight is 449 g/mol. The van der Waals surface area contributed by atoms with Gasteiger partial charge in [-0.15, -0.1) is 0 Å². The van der Waals surface area contributed by atoms with E-state index in [1.165, 1.54) is 11.1 Å². The predicted molar refractivity (Wildman–Crippen MR) is 142 cm³/mol. The molecule has 0 amide bonds. The van der Waals surface area contributed by atoms with E-state index < -0.39 is 20.1 Å². The Kier molecular flexibility index (Phi) is 7.11. The van der Waals surface area contributed by atoms with Gasteiger partial charge in [0.25, 0.3) is 0 Å². The second-order valence-electron chi connectivity index (χ2n) is 11.6. The number of hydrogen-bond donors (Lipinski definition) is 0. The fourth-order valence-corrected chi connectivity index (χ4v) is 7.30. The molecule has 0 atom stereocenters. The van der Waals surface area contributed by atoms with Crippen LogP contribution in [0.4, 0.5) is 0 Å². The lowest BCUT2D eigenvalue weighted by Gasteiger charge is -2.41. The first-order valence-electron chi connectivity index (χ1n) is 10.7. The van der Waals surface area contributed by atoms with E-state index in [2.05, 4.69) is 109 Å². The lowest BCUT2D eigenvalue weighted by atomic mass is 9.78. The molecule has 0 heterocycles. The van der Waals surface area contributed by atoms with Crippen molar-refractivity contribution in [1.82, 2.24) is 0 Å². The van der Waals surface area contributed by atoms with E-state index in [-0.39, 0.29) is 10.8 Å². The maximum atomic E-state index is 5.80. The Morgan fingerprint density at radius 3 is 1.67 bits per heavy atom. The van der Waals surface area contributed by atoms with Crippen molar-refractivity contribution in [3.05, 3.63) is 53.1 Å². The summed E-state index contributed by atoms with van der Waals surface area (Å²) in [7, 11) is 0.107. The number of hydrogen-bond acceptors (Lipinski definition) is 1. The molecule has 2 aromatic carbocycles. The van der Waals surface area contributed by atoms with Crippen LogP contribution in [0.2, 0.25) is 0 Å². The van der Waals surface area contributed by atoms with E-state index >= 15 is 0 Å². The highest BCUT2D eigenvalue weighted by Crippen LogP contribution is 2.57. The van der Waals surface area contributed by atoms with Gasteiger partial charge >= 0.3 is 0 Å². The molecular weight excluding hydrogens is 404 g/mol. The van der Waals surface area contributed by atoms with Gasteiger partial charge in [-0.1, -0.05) is 52.8 Å². The SMILES string of the molecule is COc1cc(CC(C)(C)c2c(S(C)(C)C)cccc2S(C)(C)C)ccc1C(C)(C)C. The number of methoxy groups -OCH3 is 1. The number of rotatable bonds is 6. The molecule has 3 heteroatoms. The Labute approximate surface area is 189 Å². The summed E-state index contributed by atoms with van der Waals surface area (Å²) in [5, 5.41) is 0. The third kappa shape index (κ3) is 5.59. The molecule has 0 aliphatic carbocycles. The van der Waals surface area contributed by atoms with Gasteiger partial charge in [-0.05, 0) is 99.5 Å². The third-order valence-corrected chi connectivity index (χ3v) is 9.02. The molecule has 0 saturated heterocycles. The highest BCUT2D eigenvalue weighted by atomic mass is 32.3. The minimum Gasteiger partial charge on any atom is -0.496 e. The van der Waals surface area contributed by atoms with Crippen molar-refractivity contribution in [2.45, 2.75) is 61.7 Å². The smallest absolute Gasteiger partial charge is 0.122 e. The zero-order chi connectivity index (χ0) is 23.1. The van der Waals surface area contributed by atoms with Crippen LogP contribution < -0.4 is 4.74 Å². The third-order valence-electron chi connectivity index (χ3n) is 5.70. The van der Waals surface area contributed by atoms with Crippen LogP contribution in [0, 0.1) is 0 Å². The van der Waals surface area contributed by atoms with E-state index in [0.29, 0.717) is 0 Å². The van der Waals surface area contributed by atoms with Gasteiger partial charge in [-0.25, -0.2) is 20.1 Å². The summed E-state index contributed by atoms with van der Waals surface area (Å²) in [6.45, 7) is 11.6. The minimum atomic E-state index is -0.842. The molecule has 0 N–H and O–H groups in total. The topological polar surface area (TPSA) is 9.23 Å². The summed E-state index contributed by atoms with van der Waals surface area (Å²) < 4.78 is 5.80. The van der Waals surface area contributed by atoms with Gasteiger partial charge in [0.1, 0.15) is 5.75 Å². The van der Waals surface area contributed by atoms with E-state index in [0.717, 1.165) is 12.2 Å². The number of ether oxygens (including phenoxy) is 1.